The second-order valence-corrected chi connectivity index (χ2v) is 8.95. The van der Waals surface area contributed by atoms with Crippen molar-refractivity contribution < 1.29 is 9.52 Å². The van der Waals surface area contributed by atoms with E-state index >= 15 is 0 Å². The fourth-order valence-electron chi connectivity index (χ4n) is 3.56. The van der Waals surface area contributed by atoms with Gasteiger partial charge in [-0.05, 0) is 30.5 Å². The SMILES string of the molecule is Cc1nc(SCc2cc(=O)oc3cc(O)ccc23)c2c(=O)n(C)c(=O)n(CC(C)C)c2n1. The number of aryl methyl sites for hydroxylation is 1. The zero-order valence-electron chi connectivity index (χ0n) is 18.1. The van der Waals surface area contributed by atoms with Crippen molar-refractivity contribution in [2.24, 2.45) is 13.0 Å². The van der Waals surface area contributed by atoms with Crippen molar-refractivity contribution in [3.63, 3.8) is 0 Å². The van der Waals surface area contributed by atoms with Gasteiger partial charge < -0.3 is 9.52 Å². The molecular weight excluding hydrogens is 432 g/mol. The lowest BCUT2D eigenvalue weighted by atomic mass is 10.1. The molecule has 1 N–H and O–H groups in total. The van der Waals surface area contributed by atoms with Crippen molar-refractivity contribution in [2.75, 3.05) is 0 Å². The maximum Gasteiger partial charge on any atom is 0.336 e. The fourth-order valence-corrected chi connectivity index (χ4v) is 4.61. The van der Waals surface area contributed by atoms with Crippen LogP contribution in [0.2, 0.25) is 0 Å². The highest BCUT2D eigenvalue weighted by Gasteiger charge is 2.19. The van der Waals surface area contributed by atoms with Gasteiger partial charge in [0.05, 0.1) is 0 Å². The Bertz CT molecular complexity index is 1530. The smallest absolute Gasteiger partial charge is 0.336 e. The molecule has 32 heavy (non-hydrogen) atoms. The Labute approximate surface area is 186 Å². The summed E-state index contributed by atoms with van der Waals surface area (Å²) in [6.45, 7) is 6.09. The van der Waals surface area contributed by atoms with E-state index < -0.39 is 16.9 Å². The van der Waals surface area contributed by atoms with Crippen LogP contribution in [0, 0.1) is 12.8 Å². The highest BCUT2D eigenvalue weighted by Crippen LogP contribution is 2.29. The quantitative estimate of drug-likeness (QED) is 0.278. The lowest BCUT2D eigenvalue weighted by molar-refractivity contribution is 0.473. The average Bonchev–Trinajstić information content (AvgIpc) is 2.72. The van der Waals surface area contributed by atoms with E-state index in [9.17, 15) is 19.5 Å². The minimum atomic E-state index is -0.538. The number of nitrogens with zero attached hydrogens (tertiary/aromatic N) is 4. The predicted molar refractivity (Wildman–Crippen MR) is 122 cm³/mol. The molecule has 0 unspecified atom stereocenters. The second kappa shape index (κ2) is 8.27. The molecule has 4 aromatic rings. The molecule has 0 bridgehead atoms. The van der Waals surface area contributed by atoms with Gasteiger partial charge in [0.2, 0.25) is 0 Å². The highest BCUT2D eigenvalue weighted by atomic mass is 32.2. The molecule has 0 atom stereocenters. The van der Waals surface area contributed by atoms with Gasteiger partial charge in [-0.2, -0.15) is 0 Å². The Morgan fingerprint density at radius 3 is 2.62 bits per heavy atom. The molecule has 4 rings (SSSR count). The van der Waals surface area contributed by atoms with E-state index in [1.54, 1.807) is 13.0 Å². The second-order valence-electron chi connectivity index (χ2n) is 7.99. The molecule has 3 heterocycles. The summed E-state index contributed by atoms with van der Waals surface area (Å²) in [5, 5.41) is 11.1. The standard InChI is InChI=1S/C22H22N4O5S/c1-11(2)9-26-19-18(21(29)25(4)22(26)30)20(24-12(3)23-19)32-10-13-7-17(28)31-16-8-14(27)5-6-15(13)16/h5-8,11,27H,9-10H2,1-4H3. The number of hydrogen-bond donors (Lipinski definition) is 1. The number of phenolic OH excluding ortho intramolecular Hbond substituents is 1. The molecule has 0 aliphatic carbocycles. The Hall–Kier alpha value is -3.40. The van der Waals surface area contributed by atoms with Crippen molar-refractivity contribution in [1.82, 2.24) is 19.1 Å². The van der Waals surface area contributed by atoms with Crippen LogP contribution >= 0.6 is 11.8 Å². The number of thioether (sulfide) groups is 1. The zero-order valence-corrected chi connectivity index (χ0v) is 18.9. The monoisotopic (exact) mass is 454 g/mol. The van der Waals surface area contributed by atoms with Gasteiger partial charge in [-0.15, -0.1) is 11.8 Å². The number of aromatic nitrogens is 4. The minimum absolute atomic E-state index is 0.00510. The maximum absolute atomic E-state index is 13.0. The summed E-state index contributed by atoms with van der Waals surface area (Å²) in [5.41, 5.74) is -0.156. The van der Waals surface area contributed by atoms with Gasteiger partial charge in [-0.1, -0.05) is 13.8 Å². The van der Waals surface area contributed by atoms with E-state index in [1.165, 1.54) is 41.6 Å². The molecule has 0 spiro atoms. The van der Waals surface area contributed by atoms with E-state index in [-0.39, 0.29) is 22.6 Å². The Balaban J connectivity index is 1.87. The first-order chi connectivity index (χ1) is 15.2. The summed E-state index contributed by atoms with van der Waals surface area (Å²) in [6.07, 6.45) is 0. The first-order valence-electron chi connectivity index (χ1n) is 10.0. The molecule has 0 radical (unpaired) electrons. The third-order valence-electron chi connectivity index (χ3n) is 4.99. The first kappa shape index (κ1) is 21.8. The lowest BCUT2D eigenvalue weighted by Gasteiger charge is -2.15. The fraction of sp³-hybridized carbons (Fsp3) is 0.318. The van der Waals surface area contributed by atoms with E-state index in [2.05, 4.69) is 9.97 Å². The summed E-state index contributed by atoms with van der Waals surface area (Å²) in [6, 6.07) is 5.96. The molecule has 0 aliphatic heterocycles. The van der Waals surface area contributed by atoms with Crippen LogP contribution in [0.3, 0.4) is 0 Å². The Morgan fingerprint density at radius 1 is 1.16 bits per heavy atom. The van der Waals surface area contributed by atoms with Gasteiger partial charge in [0, 0.05) is 36.9 Å². The number of benzene rings is 1. The van der Waals surface area contributed by atoms with Gasteiger partial charge in [-0.25, -0.2) is 19.6 Å². The normalized spacial score (nSPS) is 11.7. The first-order valence-corrected chi connectivity index (χ1v) is 11.0. The number of aromatic hydroxyl groups is 1. The molecular formula is C22H22N4O5S. The van der Waals surface area contributed by atoms with Gasteiger partial charge in [0.1, 0.15) is 27.6 Å². The van der Waals surface area contributed by atoms with Crippen LogP contribution < -0.4 is 16.9 Å². The van der Waals surface area contributed by atoms with Crippen molar-refractivity contribution in [3.8, 4) is 5.75 Å². The topological polar surface area (TPSA) is 120 Å². The highest BCUT2D eigenvalue weighted by molar-refractivity contribution is 7.98. The van der Waals surface area contributed by atoms with Crippen LogP contribution in [0.4, 0.5) is 0 Å². The number of phenols is 1. The summed E-state index contributed by atoms with van der Waals surface area (Å²) < 4.78 is 7.76. The van der Waals surface area contributed by atoms with Gasteiger partial charge >= 0.3 is 11.3 Å². The van der Waals surface area contributed by atoms with Crippen LogP contribution in [0.15, 0.2) is 48.1 Å². The molecule has 1 aromatic carbocycles. The summed E-state index contributed by atoms with van der Waals surface area (Å²) in [5.74, 6) is 0.929. The van der Waals surface area contributed by atoms with Crippen molar-refractivity contribution in [1.29, 1.82) is 0 Å². The van der Waals surface area contributed by atoms with Gasteiger partial charge in [0.25, 0.3) is 5.56 Å². The molecule has 0 saturated carbocycles. The summed E-state index contributed by atoms with van der Waals surface area (Å²) >= 11 is 1.28. The maximum atomic E-state index is 13.0. The van der Waals surface area contributed by atoms with E-state index in [1.807, 2.05) is 13.8 Å². The molecule has 166 valence electrons. The van der Waals surface area contributed by atoms with E-state index in [0.29, 0.717) is 39.7 Å². The zero-order chi connectivity index (χ0) is 23.2. The average molecular weight is 455 g/mol. The minimum Gasteiger partial charge on any atom is -0.508 e. The van der Waals surface area contributed by atoms with Gasteiger partial charge in [-0.3, -0.25) is 13.9 Å². The third-order valence-corrected chi connectivity index (χ3v) is 6.01. The number of fused-ring (bicyclic) bond motifs is 2. The van der Waals surface area contributed by atoms with Crippen molar-refractivity contribution in [2.45, 2.75) is 38.1 Å². The number of rotatable bonds is 5. The van der Waals surface area contributed by atoms with Crippen LogP contribution in [0.25, 0.3) is 22.0 Å². The van der Waals surface area contributed by atoms with Crippen LogP contribution in [0.1, 0.15) is 25.2 Å². The summed E-state index contributed by atoms with van der Waals surface area (Å²) in [7, 11) is 1.44. The third kappa shape index (κ3) is 3.93. The van der Waals surface area contributed by atoms with Gasteiger partial charge in [0.15, 0.2) is 5.65 Å². The largest absolute Gasteiger partial charge is 0.508 e. The van der Waals surface area contributed by atoms with Crippen LogP contribution in [-0.2, 0) is 19.3 Å². The molecule has 0 aliphatic rings. The Morgan fingerprint density at radius 2 is 1.91 bits per heavy atom. The van der Waals surface area contributed by atoms with Crippen molar-refractivity contribution >= 4 is 33.8 Å². The molecule has 0 fully saturated rings. The number of hydrogen-bond acceptors (Lipinski definition) is 8. The molecule has 10 heteroatoms. The predicted octanol–water partition coefficient (Wildman–Crippen LogP) is 2.56. The van der Waals surface area contributed by atoms with Crippen LogP contribution in [-0.4, -0.2) is 24.2 Å². The molecule has 0 amide bonds. The van der Waals surface area contributed by atoms with E-state index in [0.717, 1.165) is 4.57 Å². The van der Waals surface area contributed by atoms with Crippen molar-refractivity contribution in [3.05, 3.63) is 66.9 Å². The molecule has 0 saturated heterocycles. The Kier molecular flexibility index (Phi) is 5.64. The molecule has 3 aromatic heterocycles. The molecule has 9 nitrogen and oxygen atoms in total. The lowest BCUT2D eigenvalue weighted by Crippen LogP contribution is -2.39. The summed E-state index contributed by atoms with van der Waals surface area (Å²) in [4.78, 5) is 46.6. The van der Waals surface area contributed by atoms with Crippen LogP contribution in [0.5, 0.6) is 5.75 Å². The van der Waals surface area contributed by atoms with E-state index in [4.69, 9.17) is 4.42 Å².